The zero-order valence-electron chi connectivity index (χ0n) is 51.6. The molecule has 0 amide bonds. The summed E-state index contributed by atoms with van der Waals surface area (Å²) < 4.78 is 139. The molecule has 0 bridgehead atoms. The maximum atomic E-state index is 13.2. The van der Waals surface area contributed by atoms with Crippen LogP contribution in [0.1, 0.15) is 7.13 Å². The number of phenols is 2. The van der Waals surface area contributed by atoms with Gasteiger partial charge in [0.05, 0.1) is 23.1 Å². The van der Waals surface area contributed by atoms with Gasteiger partial charge in [-0.25, -0.2) is 0 Å². The number of aromatic nitrogens is 6. The van der Waals surface area contributed by atoms with Crippen molar-refractivity contribution in [1.82, 2.24) is 29.9 Å². The average molecular weight is 1480 g/mol. The molecule has 0 spiro atoms. The van der Waals surface area contributed by atoms with Crippen LogP contribution in [-0.4, -0.2) is 161 Å². The van der Waals surface area contributed by atoms with Crippen molar-refractivity contribution in [2.45, 2.75) is 9.79 Å². The molecule has 0 saturated carbocycles. The number of anilines is 8. The Morgan fingerprint density at radius 3 is 1.19 bits per heavy atom. The van der Waals surface area contributed by atoms with Gasteiger partial charge in [0.25, 0.3) is 51.8 Å². The second kappa shape index (κ2) is 27.8. The van der Waals surface area contributed by atoms with Gasteiger partial charge in [0.15, 0.2) is 11.4 Å². The number of nitrogens with one attached hydrogen (secondary N) is 6. The maximum absolute atomic E-state index is 13.2. The van der Waals surface area contributed by atoms with Crippen molar-refractivity contribution in [1.29, 1.82) is 0 Å². The zero-order valence-corrected chi connectivity index (χ0v) is 52.4. The number of nitrogens with zero attached hydrogens (tertiary/aromatic N) is 10. The number of halogens is 2. The van der Waals surface area contributed by atoms with Gasteiger partial charge >= 0.3 is 7.13 Å². The number of fused-ring (bicyclic) bond motifs is 4. The number of nitro benzene ring substituents is 2. The van der Waals surface area contributed by atoms with Crippen LogP contribution in [0.25, 0.3) is 43.5 Å². The van der Waals surface area contributed by atoms with Crippen LogP contribution in [0.15, 0.2) is 105 Å². The number of benzene rings is 6. The molecule has 2 heterocycles. The number of carbonyl (C=O) groups is 2. The fourth-order valence-electron chi connectivity index (χ4n) is 8.98. The molecule has 95 heavy (non-hydrogen) atoms. The summed E-state index contributed by atoms with van der Waals surface area (Å²) in [6.45, 7) is -0.517. The predicted octanol–water partition coefficient (Wildman–Crippen LogP) is 1.59. The number of aliphatic hydroxyl groups is 2. The van der Waals surface area contributed by atoms with Gasteiger partial charge in [-0.05, 0) is 80.8 Å². The summed E-state index contributed by atoms with van der Waals surface area (Å²) >= 11 is 11.8. The van der Waals surface area contributed by atoms with Crippen molar-refractivity contribution in [2.24, 2.45) is 10.2 Å². The van der Waals surface area contributed by atoms with E-state index < -0.39 is 138 Å². The van der Waals surface area contributed by atoms with Gasteiger partial charge in [0, 0.05) is 63.2 Å². The molecule has 8 aromatic rings. The second-order valence-electron chi connectivity index (χ2n) is 18.8. The topological polar surface area (TPSA) is 593 Å². The van der Waals surface area contributed by atoms with E-state index in [0.29, 0.717) is 12.1 Å². The van der Waals surface area contributed by atoms with Crippen LogP contribution >= 0.6 is 23.2 Å². The third kappa shape index (κ3) is 15.6. The first-order chi connectivity index (χ1) is 44.2. The van der Waals surface area contributed by atoms with Crippen LogP contribution in [0.3, 0.4) is 0 Å². The van der Waals surface area contributed by atoms with Crippen molar-refractivity contribution in [3.8, 4) is 11.5 Å². The first-order valence-electron chi connectivity index (χ1n) is 25.5. The van der Waals surface area contributed by atoms with Gasteiger partial charge in [-0.2, -0.15) is 73.8 Å². The Bertz CT molecular complexity index is 5150. The van der Waals surface area contributed by atoms with Crippen molar-refractivity contribution >= 4 is 188 Å². The van der Waals surface area contributed by atoms with E-state index in [4.69, 9.17) is 33.4 Å². The molecule has 0 unspecified atom stereocenters. The Kier molecular flexibility index (Phi) is 20.7. The number of hydrogen-bond donors (Lipinski definition) is 14. The van der Waals surface area contributed by atoms with Gasteiger partial charge in [-0.1, -0.05) is 48.5 Å². The fourth-order valence-corrected chi connectivity index (χ4v) is 12.3. The van der Waals surface area contributed by atoms with E-state index in [-0.39, 0.29) is 128 Å². The number of nitro groups is 2. The maximum Gasteiger partial charge on any atom is 1.00 e. The molecule has 38 nitrogen and oxygen atoms in total. The van der Waals surface area contributed by atoms with Crippen LogP contribution < -0.4 is 53.0 Å². The third-order valence-electron chi connectivity index (χ3n) is 12.8. The van der Waals surface area contributed by atoms with E-state index in [2.05, 4.69) is 72.2 Å². The van der Waals surface area contributed by atoms with Crippen LogP contribution in [0.2, 0.25) is 10.6 Å². The van der Waals surface area contributed by atoms with Gasteiger partial charge in [-0.3, -0.25) is 58.9 Å². The Morgan fingerprint density at radius 1 is 0.516 bits per heavy atom. The molecular weight excluding hydrogens is 1430 g/mol. The molecule has 0 atom stereocenters. The zero-order chi connectivity index (χ0) is 68.5. The number of aliphatic hydroxyl groups excluding tert-OH is 2. The molecule has 14 N–H and O–H groups in total. The number of carbonyl (C=O) groups excluding carboxylic acids is 2. The van der Waals surface area contributed by atoms with Gasteiger partial charge < -0.3 is 41.7 Å². The number of hydrazone groups is 2. The average Bonchev–Trinajstić information content (AvgIpc) is 0.766. The minimum absolute atomic E-state index is 0. The molecule has 10 rings (SSSR count). The first kappa shape index (κ1) is 70.7. The number of ketones is 2. The summed E-state index contributed by atoms with van der Waals surface area (Å²) in [5.41, 5.74) is -1.71. The van der Waals surface area contributed by atoms with Gasteiger partial charge in [-0.15, -0.1) is 0 Å². The number of Topliss-reactive ketones (excluding diaryl/α,β-unsaturated/α-hetero) is 2. The predicted molar refractivity (Wildman–Crippen MR) is 339 cm³/mol. The number of phenolic OH excluding ortho intramolecular Hbond substituents is 2. The van der Waals surface area contributed by atoms with Crippen LogP contribution in [0, 0.1) is 20.2 Å². The number of hydrogen-bond acceptors (Lipinski definition) is 32. The largest absolute Gasteiger partial charge is 1.00 e. The molecule has 6 aromatic carbocycles. The normalized spacial score (nSPS) is 13.9. The molecule has 2 aliphatic rings. The van der Waals surface area contributed by atoms with Crippen molar-refractivity contribution < 1.29 is 116 Å². The van der Waals surface area contributed by atoms with E-state index in [9.17, 15) is 91.9 Å². The van der Waals surface area contributed by atoms with Gasteiger partial charge in [0.2, 0.25) is 45.9 Å². The molecular formula is C50H43Cl2CoN16O22S4+5. The van der Waals surface area contributed by atoms with Crippen molar-refractivity contribution in [3.05, 3.63) is 137 Å². The summed E-state index contributed by atoms with van der Waals surface area (Å²) in [5.74, 6) is -4.68. The molecule has 497 valence electrons. The van der Waals surface area contributed by atoms with E-state index in [1.165, 1.54) is 48.5 Å². The number of aromatic hydroxyl groups is 2. The quantitative estimate of drug-likeness (QED) is 0.0223. The first-order valence-corrected chi connectivity index (χ1v) is 32.0. The van der Waals surface area contributed by atoms with E-state index >= 15 is 0 Å². The standard InChI is InChI=1S/2C25H19ClN8O11S2.Co/c2*26-23-29-24(27-5-6-35)31-25(30-23)28-15-7-12-8-17(36)19(22(47(43,44)45)14(12)10-16(15)34(38)39)32-33-20-18(46(40,41)42)9-11-3-1-2-4-13(11)21(20)37;/h2*1-4,7-10,33,35,37H,5-6H2,(H,40,41,42)(H,43,44,45)(H2,27,28,29,30,31);/p+5. The minimum atomic E-state index is -5.39. The molecule has 45 heteroatoms. The summed E-state index contributed by atoms with van der Waals surface area (Å²) in [5, 5.41) is 79.6. The van der Waals surface area contributed by atoms with Gasteiger partial charge in [0.1, 0.15) is 53.8 Å². The molecule has 1 radical (unpaired) electrons. The van der Waals surface area contributed by atoms with Crippen molar-refractivity contribution in [2.75, 3.05) is 58.4 Å². The number of rotatable bonds is 20. The minimum Gasteiger partial charge on any atom is -0.505 e. The Labute approximate surface area is 557 Å². The summed E-state index contributed by atoms with van der Waals surface area (Å²) in [7, 11) is -20.9. The second-order valence-corrected chi connectivity index (χ2v) is 25.0. The molecule has 0 saturated heterocycles. The summed E-state index contributed by atoms with van der Waals surface area (Å²) in [6.07, 6.45) is 1.63. The summed E-state index contributed by atoms with van der Waals surface area (Å²) in [4.78, 5) is 67.7. The third-order valence-corrected chi connectivity index (χ3v) is 16.7. The molecule has 0 fully saturated rings. The SMILES string of the molecule is O=C1C=c2cc(Nc3nc(Cl)nc(NCCO)n3)c([N+](=O)[O-])cc2=C(S(=O)(=O)O)C1=NNc1c(S(=O)(=O)O)cc2ccccc2c1O.O=C1C=c2cc(Nc3nc(Cl)nc(NCCO)n3)c([N+](=O)[O-])cc2=C(S(=O)(=O)O)C1=NNc1c(S(=O)(=O)O)cc2ccccc2c1O.[Co].[H+].[H+].[H+].[H+].[H+]. The van der Waals surface area contributed by atoms with E-state index in [1.807, 2.05) is 0 Å². The van der Waals surface area contributed by atoms with Crippen LogP contribution in [0.4, 0.5) is 57.9 Å². The van der Waals surface area contributed by atoms with Crippen molar-refractivity contribution in [3.63, 3.8) is 0 Å². The Morgan fingerprint density at radius 2 is 0.863 bits per heavy atom. The molecule has 2 aliphatic carbocycles. The Hall–Kier alpha value is -10.1. The van der Waals surface area contributed by atoms with E-state index in [1.54, 1.807) is 0 Å². The van der Waals surface area contributed by atoms with E-state index in [0.717, 1.165) is 36.4 Å². The smallest absolute Gasteiger partial charge is 0.505 e. The monoisotopic (exact) mass is 1480 g/mol. The Balaban J connectivity index is 0.000000491. The fraction of sp³-hybridized carbons (Fsp3) is 0.0800. The summed E-state index contributed by atoms with van der Waals surface area (Å²) in [6, 6.07) is 17.1. The molecule has 0 aliphatic heterocycles. The van der Waals surface area contributed by atoms with Crippen LogP contribution in [0.5, 0.6) is 11.5 Å². The van der Waals surface area contributed by atoms with Crippen LogP contribution in [-0.2, 0) is 66.8 Å². The molecule has 2 aromatic heterocycles.